The molecule has 6 aromatic rings. The quantitative estimate of drug-likeness (QED) is 0.315. The minimum atomic E-state index is 1.21. The zero-order chi connectivity index (χ0) is 15.7. The number of benzene rings is 4. The van der Waals surface area contributed by atoms with Crippen LogP contribution in [0, 0.1) is 0 Å². The van der Waals surface area contributed by atoms with Gasteiger partial charge >= 0.3 is 0 Å². The summed E-state index contributed by atoms with van der Waals surface area (Å²) in [7, 11) is 0. The Morgan fingerprint density at radius 2 is 1.42 bits per heavy atom. The lowest BCUT2D eigenvalue weighted by atomic mass is 10.0. The molecule has 0 saturated carbocycles. The highest BCUT2D eigenvalue weighted by molar-refractivity contribution is 7.26. The molecule has 24 heavy (non-hydrogen) atoms. The lowest BCUT2D eigenvalue weighted by molar-refractivity contribution is 1.56. The lowest BCUT2D eigenvalue weighted by Gasteiger charge is -1.98. The van der Waals surface area contributed by atoms with Crippen molar-refractivity contribution in [2.45, 2.75) is 0 Å². The van der Waals surface area contributed by atoms with Crippen LogP contribution in [0.1, 0.15) is 0 Å². The molecule has 0 unspecified atom stereocenters. The third kappa shape index (κ3) is 1.53. The predicted octanol–water partition coefficient (Wildman–Crippen LogP) is 6.84. The maximum absolute atomic E-state index is 3.56. The summed E-state index contributed by atoms with van der Waals surface area (Å²) in [5.41, 5.74) is 2.43. The third-order valence-electron chi connectivity index (χ3n) is 4.99. The fraction of sp³-hybridized carbons (Fsp3) is 0. The Morgan fingerprint density at radius 3 is 2.38 bits per heavy atom. The number of fused-ring (bicyclic) bond motifs is 8. The Bertz CT molecular complexity index is 1400. The minimum Gasteiger partial charge on any atom is -0.354 e. The van der Waals surface area contributed by atoms with E-state index in [0.29, 0.717) is 0 Å². The topological polar surface area (TPSA) is 15.8 Å². The van der Waals surface area contributed by atoms with Gasteiger partial charge in [-0.2, -0.15) is 0 Å². The molecule has 0 aliphatic carbocycles. The van der Waals surface area contributed by atoms with E-state index in [0.717, 1.165) is 0 Å². The van der Waals surface area contributed by atoms with E-state index in [1.54, 1.807) is 0 Å². The van der Waals surface area contributed by atoms with Gasteiger partial charge in [0.15, 0.2) is 0 Å². The molecule has 0 atom stereocenters. The maximum atomic E-state index is 3.56. The molecule has 2 aromatic heterocycles. The van der Waals surface area contributed by atoms with Crippen LogP contribution in [0.15, 0.2) is 72.8 Å². The van der Waals surface area contributed by atoms with E-state index < -0.39 is 0 Å². The number of thiophene rings is 1. The van der Waals surface area contributed by atoms with Crippen LogP contribution in [0.4, 0.5) is 0 Å². The third-order valence-corrected chi connectivity index (χ3v) is 6.19. The van der Waals surface area contributed by atoms with Gasteiger partial charge in [-0.15, -0.1) is 11.3 Å². The molecule has 1 N–H and O–H groups in total. The van der Waals surface area contributed by atoms with E-state index in [4.69, 9.17) is 0 Å². The molecule has 0 aliphatic heterocycles. The number of nitrogens with one attached hydrogen (secondary N) is 1. The Hall–Kier alpha value is -2.84. The summed E-state index contributed by atoms with van der Waals surface area (Å²) in [6.45, 7) is 0. The van der Waals surface area contributed by atoms with E-state index in [9.17, 15) is 0 Å². The van der Waals surface area contributed by atoms with Crippen molar-refractivity contribution < 1.29 is 0 Å². The average molecular weight is 323 g/mol. The van der Waals surface area contributed by atoms with Crippen molar-refractivity contribution in [2.75, 3.05) is 0 Å². The van der Waals surface area contributed by atoms with E-state index in [1.807, 2.05) is 11.3 Å². The standard InChI is InChI=1S/C22H13NS/c1-2-6-14-13(5-1)9-10-16-18-11-17-15-7-3-4-8-19(15)23-20(17)12-21(18)24-22(14)16/h1-12,23H. The van der Waals surface area contributed by atoms with Gasteiger partial charge in [0.1, 0.15) is 0 Å². The van der Waals surface area contributed by atoms with Crippen molar-refractivity contribution in [3.8, 4) is 0 Å². The summed E-state index contributed by atoms with van der Waals surface area (Å²) in [5.74, 6) is 0. The van der Waals surface area contributed by atoms with Gasteiger partial charge in [-0.05, 0) is 29.0 Å². The van der Waals surface area contributed by atoms with Crippen molar-refractivity contribution >= 4 is 64.1 Å². The van der Waals surface area contributed by atoms with Gasteiger partial charge < -0.3 is 4.98 Å². The molecule has 0 saturated heterocycles. The molecule has 6 rings (SSSR count). The van der Waals surface area contributed by atoms with E-state index in [-0.39, 0.29) is 0 Å². The van der Waals surface area contributed by atoms with Gasteiger partial charge in [0.05, 0.1) is 0 Å². The highest BCUT2D eigenvalue weighted by Gasteiger charge is 2.11. The van der Waals surface area contributed by atoms with Crippen LogP contribution >= 0.6 is 11.3 Å². The van der Waals surface area contributed by atoms with Crippen molar-refractivity contribution in [3.63, 3.8) is 0 Å². The number of hydrogen-bond donors (Lipinski definition) is 1. The monoisotopic (exact) mass is 323 g/mol. The van der Waals surface area contributed by atoms with Crippen LogP contribution in [-0.4, -0.2) is 4.98 Å². The fourth-order valence-electron chi connectivity index (χ4n) is 3.85. The summed E-state index contributed by atoms with van der Waals surface area (Å²) in [6, 6.07) is 26.4. The SMILES string of the molecule is c1ccc2c(c1)ccc1c3cc4c(cc3sc21)[nH]c1ccccc14. The molecule has 0 spiro atoms. The number of hydrogen-bond acceptors (Lipinski definition) is 1. The summed E-state index contributed by atoms with van der Waals surface area (Å²) >= 11 is 1.90. The van der Waals surface area contributed by atoms with Crippen LogP contribution in [0.25, 0.3) is 52.8 Å². The first-order chi connectivity index (χ1) is 11.9. The Morgan fingerprint density at radius 1 is 0.583 bits per heavy atom. The number of H-pyrrole nitrogens is 1. The largest absolute Gasteiger partial charge is 0.354 e. The first-order valence-electron chi connectivity index (χ1n) is 8.13. The summed E-state index contributed by atoms with van der Waals surface area (Å²) < 4.78 is 2.74. The van der Waals surface area contributed by atoms with Gasteiger partial charge in [-0.25, -0.2) is 0 Å². The molecular formula is C22H13NS. The molecule has 0 radical (unpaired) electrons. The highest BCUT2D eigenvalue weighted by atomic mass is 32.1. The molecule has 1 nitrogen and oxygen atoms in total. The fourth-order valence-corrected chi connectivity index (χ4v) is 5.11. The van der Waals surface area contributed by atoms with Gasteiger partial charge in [-0.1, -0.05) is 54.6 Å². The number of aromatic amines is 1. The Labute approximate surface area is 142 Å². The Balaban J connectivity index is 1.84. The molecule has 0 fully saturated rings. The van der Waals surface area contributed by atoms with Gasteiger partial charge in [-0.3, -0.25) is 0 Å². The minimum absolute atomic E-state index is 1.21. The first kappa shape index (κ1) is 12.6. The molecule has 112 valence electrons. The van der Waals surface area contributed by atoms with Gasteiger partial charge in [0.25, 0.3) is 0 Å². The van der Waals surface area contributed by atoms with Crippen molar-refractivity contribution in [1.82, 2.24) is 4.98 Å². The van der Waals surface area contributed by atoms with Crippen LogP contribution in [0.2, 0.25) is 0 Å². The first-order valence-corrected chi connectivity index (χ1v) is 8.94. The predicted molar refractivity (Wildman–Crippen MR) is 106 cm³/mol. The van der Waals surface area contributed by atoms with Crippen molar-refractivity contribution in [1.29, 1.82) is 0 Å². The molecule has 0 amide bonds. The second kappa shape index (κ2) is 4.37. The van der Waals surface area contributed by atoms with E-state index in [2.05, 4.69) is 77.8 Å². The zero-order valence-electron chi connectivity index (χ0n) is 12.8. The number of rotatable bonds is 0. The lowest BCUT2D eigenvalue weighted by Crippen LogP contribution is -1.72. The smallest absolute Gasteiger partial charge is 0.0479 e. The second-order valence-electron chi connectivity index (χ2n) is 6.33. The van der Waals surface area contributed by atoms with Gasteiger partial charge in [0, 0.05) is 42.0 Å². The van der Waals surface area contributed by atoms with Crippen LogP contribution in [0.3, 0.4) is 0 Å². The van der Waals surface area contributed by atoms with Gasteiger partial charge in [0.2, 0.25) is 0 Å². The van der Waals surface area contributed by atoms with Crippen molar-refractivity contribution in [2.24, 2.45) is 0 Å². The van der Waals surface area contributed by atoms with E-state index >= 15 is 0 Å². The highest BCUT2D eigenvalue weighted by Crippen LogP contribution is 2.41. The van der Waals surface area contributed by atoms with E-state index in [1.165, 1.54) is 52.8 Å². The van der Waals surface area contributed by atoms with Crippen LogP contribution < -0.4 is 0 Å². The van der Waals surface area contributed by atoms with Crippen LogP contribution in [-0.2, 0) is 0 Å². The normalized spacial score (nSPS) is 12.2. The number of para-hydroxylation sites is 1. The molecule has 2 heteroatoms. The Kier molecular flexibility index (Phi) is 2.29. The number of aromatic nitrogens is 1. The second-order valence-corrected chi connectivity index (χ2v) is 7.38. The summed E-state index contributed by atoms with van der Waals surface area (Å²) in [5, 5.41) is 8.00. The molecule has 0 bridgehead atoms. The molecule has 2 heterocycles. The summed E-state index contributed by atoms with van der Waals surface area (Å²) in [4.78, 5) is 3.56. The molecular weight excluding hydrogens is 310 g/mol. The average Bonchev–Trinajstić information content (AvgIpc) is 3.17. The molecule has 0 aliphatic rings. The maximum Gasteiger partial charge on any atom is 0.0479 e. The summed E-state index contributed by atoms with van der Waals surface area (Å²) in [6.07, 6.45) is 0. The molecule has 4 aromatic carbocycles. The van der Waals surface area contributed by atoms with Crippen LogP contribution in [0.5, 0.6) is 0 Å². The van der Waals surface area contributed by atoms with Crippen molar-refractivity contribution in [3.05, 3.63) is 72.8 Å². The zero-order valence-corrected chi connectivity index (χ0v) is 13.7.